The number of hydrogen-bond donors (Lipinski definition) is 3. The average molecular weight is 577 g/mol. The van der Waals surface area contributed by atoms with Crippen molar-refractivity contribution in [3.63, 3.8) is 0 Å². The molecule has 7 nitrogen and oxygen atoms in total. The SMILES string of the molecule is CN=C(NCC1CCN(Cc2csc(C)n2)CC1)NC1CCCC(C(=O)NC(C)C)C1.I. The lowest BCUT2D eigenvalue weighted by molar-refractivity contribution is -0.126. The van der Waals surface area contributed by atoms with Crippen LogP contribution in [0, 0.1) is 18.8 Å². The van der Waals surface area contributed by atoms with Crippen molar-refractivity contribution in [2.24, 2.45) is 16.8 Å². The summed E-state index contributed by atoms with van der Waals surface area (Å²) < 4.78 is 0. The molecule has 2 aliphatic rings. The molecule has 32 heavy (non-hydrogen) atoms. The van der Waals surface area contributed by atoms with Gasteiger partial charge in [-0.15, -0.1) is 35.3 Å². The fraction of sp³-hybridized carbons (Fsp3) is 0.783. The van der Waals surface area contributed by atoms with Crippen molar-refractivity contribution < 1.29 is 4.79 Å². The van der Waals surface area contributed by atoms with Gasteiger partial charge in [0, 0.05) is 43.5 Å². The normalized spacial score (nSPS) is 23.0. The van der Waals surface area contributed by atoms with Crippen LogP contribution in [0.2, 0.25) is 0 Å². The van der Waals surface area contributed by atoms with Crippen LogP contribution in [0.4, 0.5) is 0 Å². The van der Waals surface area contributed by atoms with Gasteiger partial charge < -0.3 is 16.0 Å². The van der Waals surface area contributed by atoms with E-state index in [1.165, 1.54) is 18.5 Å². The van der Waals surface area contributed by atoms with E-state index in [4.69, 9.17) is 0 Å². The molecule has 2 fully saturated rings. The summed E-state index contributed by atoms with van der Waals surface area (Å²) >= 11 is 1.74. The fourth-order valence-corrected chi connectivity index (χ4v) is 5.25. The Hall–Kier alpha value is -0.940. The van der Waals surface area contributed by atoms with Crippen LogP contribution in [0.5, 0.6) is 0 Å². The Morgan fingerprint density at radius 2 is 2.03 bits per heavy atom. The summed E-state index contributed by atoms with van der Waals surface area (Å²) in [6, 6.07) is 0.513. The second-order valence-electron chi connectivity index (χ2n) is 9.40. The fourth-order valence-electron chi connectivity index (χ4n) is 4.65. The molecule has 0 bridgehead atoms. The van der Waals surface area contributed by atoms with Crippen molar-refractivity contribution in [2.45, 2.75) is 77.9 Å². The third kappa shape index (κ3) is 8.78. The summed E-state index contributed by atoms with van der Waals surface area (Å²) in [5.41, 5.74) is 1.21. The monoisotopic (exact) mass is 576 g/mol. The molecule has 0 aromatic carbocycles. The molecule has 182 valence electrons. The van der Waals surface area contributed by atoms with Gasteiger partial charge >= 0.3 is 0 Å². The van der Waals surface area contributed by atoms with E-state index in [0.717, 1.165) is 62.8 Å². The molecule has 2 atom stereocenters. The summed E-state index contributed by atoms with van der Waals surface area (Å²) in [5.74, 6) is 1.85. The van der Waals surface area contributed by atoms with E-state index >= 15 is 0 Å². The Morgan fingerprint density at radius 3 is 2.66 bits per heavy atom. The Morgan fingerprint density at radius 1 is 1.28 bits per heavy atom. The van der Waals surface area contributed by atoms with E-state index in [2.05, 4.69) is 43.1 Å². The van der Waals surface area contributed by atoms with Crippen molar-refractivity contribution >= 4 is 47.2 Å². The van der Waals surface area contributed by atoms with Crippen LogP contribution >= 0.6 is 35.3 Å². The number of guanidine groups is 1. The van der Waals surface area contributed by atoms with Crippen LogP contribution in [0.1, 0.15) is 63.1 Å². The predicted octanol–water partition coefficient (Wildman–Crippen LogP) is 3.53. The highest BCUT2D eigenvalue weighted by Gasteiger charge is 2.28. The van der Waals surface area contributed by atoms with Gasteiger partial charge in [0.1, 0.15) is 0 Å². The van der Waals surface area contributed by atoms with E-state index in [0.29, 0.717) is 12.0 Å². The molecule has 1 aromatic heterocycles. The number of halogens is 1. The number of nitrogens with one attached hydrogen (secondary N) is 3. The number of aliphatic imine (C=N–C) groups is 1. The summed E-state index contributed by atoms with van der Waals surface area (Å²) in [7, 11) is 1.83. The minimum atomic E-state index is 0. The maximum atomic E-state index is 12.4. The number of nitrogens with zero attached hydrogens (tertiary/aromatic N) is 3. The number of likely N-dealkylation sites (tertiary alicyclic amines) is 1. The molecule has 1 aliphatic carbocycles. The van der Waals surface area contributed by atoms with Gasteiger partial charge in [0.05, 0.1) is 10.7 Å². The molecule has 9 heteroatoms. The van der Waals surface area contributed by atoms with Crippen LogP contribution in [-0.2, 0) is 11.3 Å². The maximum absolute atomic E-state index is 12.4. The maximum Gasteiger partial charge on any atom is 0.223 e. The first kappa shape index (κ1) is 27.3. The molecule has 0 radical (unpaired) electrons. The third-order valence-electron chi connectivity index (χ3n) is 6.36. The minimum Gasteiger partial charge on any atom is -0.356 e. The zero-order valence-corrected chi connectivity index (χ0v) is 23.2. The van der Waals surface area contributed by atoms with Gasteiger partial charge in [-0.2, -0.15) is 0 Å². The molecule has 1 aromatic rings. The number of carbonyl (C=O) groups is 1. The predicted molar refractivity (Wildman–Crippen MR) is 144 cm³/mol. The Bertz CT molecular complexity index is 732. The number of hydrogen-bond acceptors (Lipinski definition) is 5. The van der Waals surface area contributed by atoms with Crippen LogP contribution < -0.4 is 16.0 Å². The number of aryl methyl sites for hydroxylation is 1. The molecular weight excluding hydrogens is 535 g/mol. The molecule has 2 heterocycles. The van der Waals surface area contributed by atoms with Gasteiger partial charge in [0.25, 0.3) is 0 Å². The minimum absolute atomic E-state index is 0. The lowest BCUT2D eigenvalue weighted by atomic mass is 9.85. The zero-order valence-electron chi connectivity index (χ0n) is 20.0. The largest absolute Gasteiger partial charge is 0.356 e. The Balaban J connectivity index is 0.00000363. The molecule has 1 aliphatic heterocycles. The second-order valence-corrected chi connectivity index (χ2v) is 10.5. The van der Waals surface area contributed by atoms with Gasteiger partial charge in [-0.3, -0.25) is 14.7 Å². The first-order valence-electron chi connectivity index (χ1n) is 11.8. The average Bonchev–Trinajstić information content (AvgIpc) is 3.16. The number of carbonyl (C=O) groups excluding carboxylic acids is 1. The number of thiazole rings is 1. The Labute approximate surface area is 214 Å². The topological polar surface area (TPSA) is 81.7 Å². The quantitative estimate of drug-likeness (QED) is 0.263. The van der Waals surface area contributed by atoms with Gasteiger partial charge in [-0.05, 0) is 71.9 Å². The summed E-state index contributed by atoms with van der Waals surface area (Å²) in [4.78, 5) is 23.9. The highest BCUT2D eigenvalue weighted by molar-refractivity contribution is 14.0. The lowest BCUT2D eigenvalue weighted by Crippen LogP contribution is -2.49. The molecular formula is C23H41IN6OS. The van der Waals surface area contributed by atoms with Gasteiger partial charge in [0.15, 0.2) is 5.96 Å². The van der Waals surface area contributed by atoms with E-state index in [1.807, 2.05) is 20.9 Å². The molecule has 1 saturated carbocycles. The highest BCUT2D eigenvalue weighted by Crippen LogP contribution is 2.25. The van der Waals surface area contributed by atoms with E-state index in [9.17, 15) is 4.79 Å². The van der Waals surface area contributed by atoms with E-state index in [-0.39, 0.29) is 41.8 Å². The van der Waals surface area contributed by atoms with Crippen LogP contribution in [0.25, 0.3) is 0 Å². The number of aromatic nitrogens is 1. The number of piperidine rings is 1. The number of rotatable bonds is 7. The summed E-state index contributed by atoms with van der Waals surface area (Å²) in [6.45, 7) is 10.3. The summed E-state index contributed by atoms with van der Waals surface area (Å²) in [6.07, 6.45) is 6.46. The Kier molecular flexibility index (Phi) is 11.7. The first-order valence-corrected chi connectivity index (χ1v) is 12.7. The van der Waals surface area contributed by atoms with Gasteiger partial charge in [-0.25, -0.2) is 4.98 Å². The molecule has 2 unspecified atom stereocenters. The van der Waals surface area contributed by atoms with Crippen molar-refractivity contribution in [2.75, 3.05) is 26.7 Å². The standard InChI is InChI=1S/C23H40N6OS.HI/c1-16(2)26-22(30)19-6-5-7-20(12-19)28-23(24-4)25-13-18-8-10-29(11-9-18)14-21-15-31-17(3)27-21;/h15-16,18-20H,5-14H2,1-4H3,(H,26,30)(H2,24,25,28);1H. The van der Waals surface area contributed by atoms with Crippen molar-refractivity contribution in [1.29, 1.82) is 0 Å². The molecule has 0 spiro atoms. The van der Waals surface area contributed by atoms with E-state index < -0.39 is 0 Å². The zero-order chi connectivity index (χ0) is 22.2. The van der Waals surface area contributed by atoms with E-state index in [1.54, 1.807) is 11.3 Å². The van der Waals surface area contributed by atoms with Crippen molar-refractivity contribution in [3.8, 4) is 0 Å². The molecule has 1 amide bonds. The van der Waals surface area contributed by atoms with Gasteiger partial charge in [0.2, 0.25) is 5.91 Å². The summed E-state index contributed by atoms with van der Waals surface area (Å²) in [5, 5.41) is 13.5. The number of amides is 1. The van der Waals surface area contributed by atoms with Crippen LogP contribution in [0.15, 0.2) is 10.4 Å². The second kappa shape index (κ2) is 13.7. The van der Waals surface area contributed by atoms with Crippen molar-refractivity contribution in [3.05, 3.63) is 16.1 Å². The van der Waals surface area contributed by atoms with Crippen molar-refractivity contribution in [1.82, 2.24) is 25.8 Å². The molecule has 3 rings (SSSR count). The highest BCUT2D eigenvalue weighted by atomic mass is 127. The molecule has 3 N–H and O–H groups in total. The smallest absolute Gasteiger partial charge is 0.223 e. The first-order chi connectivity index (χ1) is 14.9. The van der Waals surface area contributed by atoms with Gasteiger partial charge in [-0.1, -0.05) is 6.42 Å². The third-order valence-corrected chi connectivity index (χ3v) is 7.18. The lowest BCUT2D eigenvalue weighted by Gasteiger charge is -2.33. The van der Waals surface area contributed by atoms with Crippen LogP contribution in [0.3, 0.4) is 0 Å². The van der Waals surface area contributed by atoms with Crippen LogP contribution in [-0.4, -0.2) is 60.5 Å². The molecule has 1 saturated heterocycles.